The molecule has 0 aromatic heterocycles. The first-order valence-corrected chi connectivity index (χ1v) is 19.2. The van der Waals surface area contributed by atoms with Crippen LogP contribution in [0, 0.1) is 0 Å². The fourth-order valence-electron chi connectivity index (χ4n) is 6.77. The Balaban J connectivity index is 1.08. The highest BCUT2D eigenvalue weighted by atomic mass is 32.2. The summed E-state index contributed by atoms with van der Waals surface area (Å²) in [5, 5.41) is 11.3. The molecule has 1 aliphatic carbocycles. The molecule has 50 heavy (non-hydrogen) atoms. The van der Waals surface area contributed by atoms with Crippen molar-refractivity contribution in [1.29, 1.82) is 0 Å². The third-order valence-corrected chi connectivity index (χ3v) is 9.89. The molecular weight excluding hydrogens is 645 g/mol. The highest BCUT2D eigenvalue weighted by molar-refractivity contribution is 7.92. The average Bonchev–Trinajstić information content (AvgIpc) is 3.14. The molecule has 0 unspecified atom stereocenters. The molecule has 0 bridgehead atoms. The fourth-order valence-corrected chi connectivity index (χ4v) is 7.33. The lowest BCUT2D eigenvalue weighted by molar-refractivity contribution is 0.0384. The number of rotatable bonds is 15. The number of hydrogen-bond donors (Lipinski definition) is 2. The summed E-state index contributed by atoms with van der Waals surface area (Å²) in [6.45, 7) is 1.56. The molecule has 0 aliphatic heterocycles. The van der Waals surface area contributed by atoms with Crippen molar-refractivity contribution in [2.75, 3.05) is 24.1 Å². The third-order valence-electron chi connectivity index (χ3n) is 9.30. The molecule has 260 valence electrons. The lowest BCUT2D eigenvalue weighted by atomic mass is 9.80. The van der Waals surface area contributed by atoms with Gasteiger partial charge in [0.15, 0.2) is 0 Å². The summed E-state index contributed by atoms with van der Waals surface area (Å²) in [6, 6.07) is 45.0. The van der Waals surface area contributed by atoms with Crippen LogP contribution in [0.25, 0.3) is 11.1 Å². The van der Waals surface area contributed by atoms with Crippen LogP contribution in [0.2, 0.25) is 0 Å². The summed E-state index contributed by atoms with van der Waals surface area (Å²) in [7, 11) is -3.57. The van der Waals surface area contributed by atoms with Crippen LogP contribution in [0.1, 0.15) is 48.3 Å². The highest BCUT2D eigenvalue weighted by Crippen LogP contribution is 2.36. The number of anilines is 1. The Bertz CT molecular complexity index is 1880. The number of sulfonamides is 1. The van der Waals surface area contributed by atoms with Crippen LogP contribution >= 0.6 is 0 Å². The Kier molecular flexibility index (Phi) is 11.9. The molecule has 8 heteroatoms. The summed E-state index contributed by atoms with van der Waals surface area (Å²) in [6.07, 6.45) is 4.65. The molecule has 0 heterocycles. The minimum absolute atomic E-state index is 0.0664. The van der Waals surface area contributed by atoms with Gasteiger partial charge in [0.2, 0.25) is 10.0 Å². The summed E-state index contributed by atoms with van der Waals surface area (Å²) >= 11 is 0. The predicted octanol–water partition coefficient (Wildman–Crippen LogP) is 8.27. The Morgan fingerprint density at radius 3 is 1.98 bits per heavy atom. The molecule has 0 saturated heterocycles. The smallest absolute Gasteiger partial charge is 0.229 e. The maximum atomic E-state index is 12.1. The second-order valence-electron chi connectivity index (χ2n) is 13.2. The Morgan fingerprint density at radius 2 is 1.34 bits per heavy atom. The molecular formula is C42H46N2O5S. The van der Waals surface area contributed by atoms with E-state index in [2.05, 4.69) is 82.4 Å². The third kappa shape index (κ3) is 10.2. The summed E-state index contributed by atoms with van der Waals surface area (Å²) < 4.78 is 38.8. The molecule has 7 nitrogen and oxygen atoms in total. The quantitative estimate of drug-likeness (QED) is 0.115. The number of aliphatic hydroxyl groups excluding tert-OH is 1. The van der Waals surface area contributed by atoms with Gasteiger partial charge in [0, 0.05) is 25.2 Å². The number of nitrogens with one attached hydrogen (secondary N) is 1. The maximum absolute atomic E-state index is 12.1. The summed E-state index contributed by atoms with van der Waals surface area (Å²) in [5.74, 6) is 1.36. The van der Waals surface area contributed by atoms with E-state index in [0.717, 1.165) is 44.0 Å². The van der Waals surface area contributed by atoms with Crippen molar-refractivity contribution in [1.82, 2.24) is 4.90 Å². The highest BCUT2D eigenvalue weighted by Gasteiger charge is 2.28. The molecule has 0 amide bonds. The van der Waals surface area contributed by atoms with Crippen LogP contribution in [-0.2, 0) is 23.2 Å². The number of ether oxygens (including phenoxy) is 2. The van der Waals surface area contributed by atoms with E-state index >= 15 is 0 Å². The van der Waals surface area contributed by atoms with Crippen molar-refractivity contribution in [3.63, 3.8) is 0 Å². The number of aliphatic hydroxyl groups is 1. The number of benzene rings is 5. The molecule has 1 aliphatic rings. The van der Waals surface area contributed by atoms with Gasteiger partial charge in [-0.1, -0.05) is 115 Å². The van der Waals surface area contributed by atoms with E-state index in [1.54, 1.807) is 18.2 Å². The van der Waals surface area contributed by atoms with E-state index in [9.17, 15) is 13.5 Å². The van der Waals surface area contributed by atoms with Gasteiger partial charge in [-0.15, -0.1) is 0 Å². The van der Waals surface area contributed by atoms with E-state index in [1.807, 2.05) is 42.5 Å². The lowest BCUT2D eigenvalue weighted by Crippen LogP contribution is -2.43. The molecule has 2 N–H and O–H groups in total. The number of nitrogens with zero attached hydrogens (tertiary/aromatic N) is 1. The van der Waals surface area contributed by atoms with Crippen molar-refractivity contribution >= 4 is 15.7 Å². The fraction of sp³-hybridized carbons (Fsp3) is 0.286. The van der Waals surface area contributed by atoms with Crippen molar-refractivity contribution in [3.8, 4) is 22.6 Å². The van der Waals surface area contributed by atoms with Gasteiger partial charge in [0.25, 0.3) is 0 Å². The topological polar surface area (TPSA) is 88.1 Å². The SMILES string of the molecule is CS(=O)(=O)Nc1cc(OC[C@@H](O)CN(Cc2ccccc2)C2CCC(c3ccc(-c4ccccc4)cc3)CC2)ccc1OCc1ccccc1. The molecule has 0 radical (unpaired) electrons. The molecule has 5 aromatic carbocycles. The van der Waals surface area contributed by atoms with Crippen LogP contribution in [-0.4, -0.2) is 50.0 Å². The largest absolute Gasteiger partial charge is 0.491 e. The van der Waals surface area contributed by atoms with Gasteiger partial charge in [0.05, 0.1) is 11.9 Å². The van der Waals surface area contributed by atoms with Gasteiger partial charge in [-0.2, -0.15) is 0 Å². The lowest BCUT2D eigenvalue weighted by Gasteiger charge is -2.38. The molecule has 5 aromatic rings. The van der Waals surface area contributed by atoms with Gasteiger partial charge in [-0.05, 0) is 71.6 Å². The van der Waals surface area contributed by atoms with E-state index in [-0.39, 0.29) is 18.9 Å². The second-order valence-corrected chi connectivity index (χ2v) is 14.9. The van der Waals surface area contributed by atoms with Crippen LogP contribution in [0.15, 0.2) is 133 Å². The van der Waals surface area contributed by atoms with Gasteiger partial charge in [-0.3, -0.25) is 9.62 Å². The van der Waals surface area contributed by atoms with Crippen LogP contribution in [0.4, 0.5) is 5.69 Å². The van der Waals surface area contributed by atoms with Crippen molar-refractivity contribution < 1.29 is 23.0 Å². The Labute approximate surface area is 296 Å². The molecule has 6 rings (SSSR count). The Morgan fingerprint density at radius 1 is 0.740 bits per heavy atom. The van der Waals surface area contributed by atoms with Gasteiger partial charge in [0.1, 0.15) is 30.8 Å². The van der Waals surface area contributed by atoms with Gasteiger partial charge < -0.3 is 14.6 Å². The van der Waals surface area contributed by atoms with Crippen molar-refractivity contribution in [2.24, 2.45) is 0 Å². The van der Waals surface area contributed by atoms with Crippen LogP contribution in [0.3, 0.4) is 0 Å². The first-order valence-electron chi connectivity index (χ1n) is 17.3. The second kappa shape index (κ2) is 16.9. The first kappa shape index (κ1) is 35.2. The van der Waals surface area contributed by atoms with Crippen molar-refractivity contribution in [2.45, 2.75) is 56.9 Å². The van der Waals surface area contributed by atoms with E-state index in [0.29, 0.717) is 30.0 Å². The van der Waals surface area contributed by atoms with E-state index < -0.39 is 16.1 Å². The monoisotopic (exact) mass is 690 g/mol. The summed E-state index contributed by atoms with van der Waals surface area (Å²) in [5.41, 5.74) is 6.33. The zero-order valence-corrected chi connectivity index (χ0v) is 29.3. The van der Waals surface area contributed by atoms with E-state index in [4.69, 9.17) is 9.47 Å². The van der Waals surface area contributed by atoms with Gasteiger partial charge >= 0.3 is 0 Å². The number of hydrogen-bond acceptors (Lipinski definition) is 6. The maximum Gasteiger partial charge on any atom is 0.229 e. The van der Waals surface area contributed by atoms with Crippen molar-refractivity contribution in [3.05, 3.63) is 150 Å². The average molecular weight is 691 g/mol. The first-order chi connectivity index (χ1) is 24.3. The summed E-state index contributed by atoms with van der Waals surface area (Å²) in [4.78, 5) is 2.40. The molecule has 1 saturated carbocycles. The van der Waals surface area contributed by atoms with Gasteiger partial charge in [-0.25, -0.2) is 8.42 Å². The molecule has 1 fully saturated rings. The Hall–Kier alpha value is -4.63. The predicted molar refractivity (Wildman–Crippen MR) is 201 cm³/mol. The molecule has 1 atom stereocenters. The standard InChI is InChI=1S/C42H46N2O5S/c1-50(46,47)43-41-27-40(25-26-42(41)49-30-33-13-7-3-8-14-33)48-31-39(45)29-44(28-32-11-5-2-6-12-32)38-23-21-37(22-24-38)36-19-17-35(18-20-36)34-15-9-4-10-16-34/h2-20,25-27,37-39,43,45H,21-24,28-31H2,1H3/t37?,38?,39-/m0/s1. The minimum atomic E-state index is -3.57. The minimum Gasteiger partial charge on any atom is -0.491 e. The molecule has 0 spiro atoms. The van der Waals surface area contributed by atoms with Crippen LogP contribution in [0.5, 0.6) is 11.5 Å². The normalized spacial score (nSPS) is 16.9. The van der Waals surface area contributed by atoms with Crippen LogP contribution < -0.4 is 14.2 Å². The van der Waals surface area contributed by atoms with E-state index in [1.165, 1.54) is 22.3 Å². The zero-order chi connectivity index (χ0) is 34.8. The zero-order valence-electron chi connectivity index (χ0n) is 28.5.